The Morgan fingerprint density at radius 3 is 2.95 bits per heavy atom. The molecule has 0 atom stereocenters. The molecule has 8 heteroatoms. The van der Waals surface area contributed by atoms with E-state index in [0.29, 0.717) is 6.04 Å². The highest BCUT2D eigenvalue weighted by atomic mass is 79.9. The van der Waals surface area contributed by atoms with Gasteiger partial charge in [-0.05, 0) is 38.5 Å². The van der Waals surface area contributed by atoms with Crippen molar-refractivity contribution in [2.75, 3.05) is 6.54 Å². The second kappa shape index (κ2) is 7.70. The zero-order valence-corrected chi connectivity index (χ0v) is 13.9. The predicted molar refractivity (Wildman–Crippen MR) is 82.5 cm³/mol. The van der Waals surface area contributed by atoms with E-state index in [0.717, 1.165) is 34.2 Å². The van der Waals surface area contributed by atoms with Gasteiger partial charge < -0.3 is 5.32 Å². The molecule has 0 saturated heterocycles. The summed E-state index contributed by atoms with van der Waals surface area (Å²) >= 11 is 4.97. The van der Waals surface area contributed by atoms with Crippen LogP contribution in [-0.2, 0) is 12.3 Å². The average Bonchev–Trinajstić information content (AvgIpc) is 2.85. The second-order valence-electron chi connectivity index (χ2n) is 4.55. The molecular weight excluding hydrogens is 340 g/mol. The van der Waals surface area contributed by atoms with Gasteiger partial charge in [0.15, 0.2) is 0 Å². The summed E-state index contributed by atoms with van der Waals surface area (Å²) in [5.41, 5.74) is 1.01. The Bertz CT molecular complexity index is 527. The summed E-state index contributed by atoms with van der Waals surface area (Å²) in [4.78, 5) is 4.33. The highest BCUT2D eigenvalue weighted by Crippen LogP contribution is 2.19. The Morgan fingerprint density at radius 2 is 2.25 bits per heavy atom. The van der Waals surface area contributed by atoms with Gasteiger partial charge in [0.05, 0.1) is 12.2 Å². The summed E-state index contributed by atoms with van der Waals surface area (Å²) in [6.07, 6.45) is 1.80. The Labute approximate surface area is 130 Å². The third kappa shape index (κ3) is 4.84. The maximum Gasteiger partial charge on any atom is 0.209 e. The van der Waals surface area contributed by atoms with Gasteiger partial charge in [-0.15, -0.1) is 5.10 Å². The first-order valence-corrected chi connectivity index (χ1v) is 8.16. The van der Waals surface area contributed by atoms with Gasteiger partial charge in [0.25, 0.3) is 0 Å². The average molecular weight is 357 g/mol. The number of nitrogens with zero attached hydrogens (tertiary/aromatic N) is 5. The van der Waals surface area contributed by atoms with E-state index in [4.69, 9.17) is 0 Å². The van der Waals surface area contributed by atoms with Crippen molar-refractivity contribution in [2.24, 2.45) is 0 Å². The fourth-order valence-electron chi connectivity index (χ4n) is 1.53. The first kappa shape index (κ1) is 15.4. The molecule has 2 rings (SSSR count). The molecule has 2 aromatic heterocycles. The molecule has 0 bridgehead atoms. The van der Waals surface area contributed by atoms with E-state index in [1.54, 1.807) is 18.0 Å². The van der Waals surface area contributed by atoms with E-state index in [9.17, 15) is 0 Å². The quantitative estimate of drug-likeness (QED) is 0.766. The molecular formula is C12H17BrN6S. The Kier molecular flexibility index (Phi) is 5.93. The molecule has 0 aliphatic carbocycles. The van der Waals surface area contributed by atoms with Gasteiger partial charge >= 0.3 is 0 Å². The Morgan fingerprint density at radius 1 is 1.40 bits per heavy atom. The van der Waals surface area contributed by atoms with Crippen LogP contribution in [0.15, 0.2) is 28.0 Å². The number of halogens is 1. The summed E-state index contributed by atoms with van der Waals surface area (Å²) < 4.78 is 2.80. The van der Waals surface area contributed by atoms with Gasteiger partial charge in [-0.2, -0.15) is 0 Å². The van der Waals surface area contributed by atoms with Crippen LogP contribution in [0.4, 0.5) is 0 Å². The zero-order chi connectivity index (χ0) is 14.4. The van der Waals surface area contributed by atoms with E-state index < -0.39 is 0 Å². The van der Waals surface area contributed by atoms with Crippen molar-refractivity contribution in [3.63, 3.8) is 0 Å². The van der Waals surface area contributed by atoms with E-state index in [-0.39, 0.29) is 0 Å². The van der Waals surface area contributed by atoms with E-state index >= 15 is 0 Å². The summed E-state index contributed by atoms with van der Waals surface area (Å²) in [6.45, 7) is 5.86. The summed E-state index contributed by atoms with van der Waals surface area (Å²) in [5, 5.41) is 16.0. The minimum absolute atomic E-state index is 0.467. The monoisotopic (exact) mass is 356 g/mol. The molecule has 0 radical (unpaired) electrons. The minimum atomic E-state index is 0.467. The number of pyridine rings is 1. The van der Waals surface area contributed by atoms with Crippen LogP contribution in [0.5, 0.6) is 0 Å². The molecule has 0 fully saturated rings. The molecule has 6 nitrogen and oxygen atoms in total. The van der Waals surface area contributed by atoms with Crippen molar-refractivity contribution >= 4 is 27.7 Å². The maximum atomic E-state index is 4.33. The molecule has 108 valence electrons. The van der Waals surface area contributed by atoms with Crippen molar-refractivity contribution in [3.05, 3.63) is 28.5 Å². The lowest BCUT2D eigenvalue weighted by molar-refractivity contribution is 0.485. The van der Waals surface area contributed by atoms with Gasteiger partial charge in [0.2, 0.25) is 5.16 Å². The molecule has 0 aromatic carbocycles. The van der Waals surface area contributed by atoms with Gasteiger partial charge in [0, 0.05) is 29.0 Å². The maximum absolute atomic E-state index is 4.33. The lowest BCUT2D eigenvalue weighted by Gasteiger charge is -2.08. The van der Waals surface area contributed by atoms with Crippen LogP contribution in [0, 0.1) is 0 Å². The van der Waals surface area contributed by atoms with Crippen LogP contribution in [0.25, 0.3) is 0 Å². The third-order valence-corrected chi connectivity index (χ3v) is 3.97. The van der Waals surface area contributed by atoms with Crippen LogP contribution in [-0.4, -0.2) is 37.8 Å². The number of hydrogen-bond donors (Lipinski definition) is 1. The first-order valence-electron chi connectivity index (χ1n) is 6.38. The second-order valence-corrected chi connectivity index (χ2v) is 6.41. The van der Waals surface area contributed by atoms with Crippen molar-refractivity contribution in [2.45, 2.75) is 37.3 Å². The van der Waals surface area contributed by atoms with Gasteiger partial charge in [-0.3, -0.25) is 4.98 Å². The zero-order valence-electron chi connectivity index (χ0n) is 11.5. The van der Waals surface area contributed by atoms with Crippen LogP contribution in [0.1, 0.15) is 19.5 Å². The highest BCUT2D eigenvalue weighted by molar-refractivity contribution is 9.10. The number of tetrazole rings is 1. The van der Waals surface area contributed by atoms with Crippen molar-refractivity contribution in [3.8, 4) is 0 Å². The summed E-state index contributed by atoms with van der Waals surface area (Å²) in [7, 11) is 0. The minimum Gasteiger partial charge on any atom is -0.313 e. The normalized spacial score (nSPS) is 11.2. The van der Waals surface area contributed by atoms with Crippen molar-refractivity contribution in [1.29, 1.82) is 0 Å². The fourth-order valence-corrected chi connectivity index (χ4v) is 2.58. The topological polar surface area (TPSA) is 68.5 Å². The highest BCUT2D eigenvalue weighted by Gasteiger charge is 2.07. The molecule has 0 amide bonds. The standard InChI is InChI=1S/C12H17BrN6S/c1-9(2)14-5-6-19-12(16-17-18-19)20-8-11-4-3-10(13)7-15-11/h3-4,7,9,14H,5-6,8H2,1-2H3. The van der Waals surface area contributed by atoms with Crippen molar-refractivity contribution in [1.82, 2.24) is 30.5 Å². The largest absolute Gasteiger partial charge is 0.313 e. The van der Waals surface area contributed by atoms with Crippen molar-refractivity contribution < 1.29 is 0 Å². The summed E-state index contributed by atoms with van der Waals surface area (Å²) in [6, 6.07) is 4.44. The number of hydrogen-bond acceptors (Lipinski definition) is 6. The molecule has 20 heavy (non-hydrogen) atoms. The van der Waals surface area contributed by atoms with Crippen LogP contribution in [0.2, 0.25) is 0 Å². The van der Waals surface area contributed by atoms with E-state index in [1.807, 2.05) is 16.8 Å². The fraction of sp³-hybridized carbons (Fsp3) is 0.500. The number of rotatable bonds is 7. The lowest BCUT2D eigenvalue weighted by Crippen LogP contribution is -2.27. The summed E-state index contributed by atoms with van der Waals surface area (Å²) in [5.74, 6) is 0.755. The van der Waals surface area contributed by atoms with E-state index in [1.165, 1.54) is 0 Å². The smallest absolute Gasteiger partial charge is 0.209 e. The van der Waals surface area contributed by atoms with Crippen LogP contribution in [0.3, 0.4) is 0 Å². The molecule has 0 unspecified atom stereocenters. The molecule has 2 aromatic rings. The number of thioether (sulfide) groups is 1. The third-order valence-electron chi connectivity index (χ3n) is 2.51. The first-order chi connectivity index (χ1) is 9.65. The van der Waals surface area contributed by atoms with Gasteiger partial charge in [-0.1, -0.05) is 25.6 Å². The SMILES string of the molecule is CC(C)NCCn1nnnc1SCc1ccc(Br)cn1. The molecule has 1 N–H and O–H groups in total. The molecule has 0 aliphatic rings. The molecule has 0 aliphatic heterocycles. The van der Waals surface area contributed by atoms with Crippen LogP contribution >= 0.6 is 27.7 Å². The van der Waals surface area contributed by atoms with Crippen LogP contribution < -0.4 is 5.32 Å². The molecule has 0 spiro atoms. The Hall–Kier alpha value is -0.990. The lowest BCUT2D eigenvalue weighted by atomic mass is 10.4. The van der Waals surface area contributed by atoms with Gasteiger partial charge in [-0.25, -0.2) is 4.68 Å². The number of nitrogens with one attached hydrogen (secondary N) is 1. The predicted octanol–water partition coefficient (Wildman–Crippen LogP) is 2.12. The molecule has 0 saturated carbocycles. The Balaban J connectivity index is 1.86. The number of aromatic nitrogens is 5. The van der Waals surface area contributed by atoms with E-state index in [2.05, 4.69) is 55.6 Å². The van der Waals surface area contributed by atoms with Gasteiger partial charge in [0.1, 0.15) is 0 Å². The molecule has 2 heterocycles.